The molecule has 0 aliphatic rings. The van der Waals surface area contributed by atoms with Crippen LogP contribution in [0.2, 0.25) is 0 Å². The van der Waals surface area contributed by atoms with Crippen LogP contribution < -0.4 is 0 Å². The molecule has 4 rings (SSSR count). The number of fused-ring (bicyclic) bond motifs is 1. The molecule has 0 fully saturated rings. The number of unbranched alkanes of at least 4 members (excludes halogenated alkanes) is 1. The number of aryl methyl sites for hydroxylation is 2. The van der Waals surface area contributed by atoms with Crippen LogP contribution in [-0.4, -0.2) is 26.2 Å². The van der Waals surface area contributed by atoms with Crippen LogP contribution in [0.25, 0.3) is 22.2 Å². The number of nitrogens with zero attached hydrogens (tertiary/aromatic N) is 2. The summed E-state index contributed by atoms with van der Waals surface area (Å²) in [6.45, 7) is 10.4. The number of rotatable bonds is 7. The lowest BCUT2D eigenvalue weighted by Gasteiger charge is -2.20. The molecule has 0 saturated heterocycles. The second-order valence-electron chi connectivity index (χ2n) is 10.1. The van der Waals surface area contributed by atoms with Crippen LogP contribution >= 0.6 is 0 Å². The van der Waals surface area contributed by atoms with E-state index in [1.807, 2.05) is 64.1 Å². The summed E-state index contributed by atoms with van der Waals surface area (Å²) in [4.78, 5) is 17.7. The Morgan fingerprint density at radius 3 is 2.43 bits per heavy atom. The molecule has 0 unspecified atom stereocenters. The van der Waals surface area contributed by atoms with Gasteiger partial charge in [-0.05, 0) is 68.5 Å². The molecular weight excluding hydrogens is 436 g/mol. The maximum absolute atomic E-state index is 12.8. The first-order valence-electron chi connectivity index (χ1n) is 12.3. The van der Waals surface area contributed by atoms with E-state index in [0.29, 0.717) is 12.1 Å². The van der Waals surface area contributed by atoms with Gasteiger partial charge in [0.15, 0.2) is 0 Å². The average Bonchev–Trinajstić information content (AvgIpc) is 3.19. The zero-order valence-corrected chi connectivity index (χ0v) is 21.3. The zero-order valence-electron chi connectivity index (χ0n) is 21.3. The number of carbonyl (C=O) groups excluding carboxylic acids is 1. The lowest BCUT2D eigenvalue weighted by atomic mass is 9.98. The topological polar surface area (TPSA) is 64.4 Å². The van der Waals surface area contributed by atoms with Crippen molar-refractivity contribution in [1.29, 1.82) is 0 Å². The minimum Gasteiger partial charge on any atom is -0.506 e. The van der Waals surface area contributed by atoms with Gasteiger partial charge >= 0.3 is 5.97 Å². The van der Waals surface area contributed by atoms with Crippen LogP contribution in [0.15, 0.2) is 60.7 Å². The monoisotopic (exact) mass is 470 g/mol. The number of phenols is 1. The highest BCUT2D eigenvalue weighted by molar-refractivity contribution is 5.97. The molecular formula is C30H34N2O3. The number of phenolic OH excluding ortho intramolecular Hbond substituents is 1. The molecule has 0 spiro atoms. The third-order valence-corrected chi connectivity index (χ3v) is 6.06. The van der Waals surface area contributed by atoms with E-state index in [-0.39, 0.29) is 11.7 Å². The van der Waals surface area contributed by atoms with Gasteiger partial charge in [-0.2, -0.15) is 0 Å². The predicted molar refractivity (Wildman–Crippen MR) is 141 cm³/mol. The highest BCUT2D eigenvalue weighted by atomic mass is 16.6. The van der Waals surface area contributed by atoms with Crippen molar-refractivity contribution in [3.8, 4) is 16.9 Å². The van der Waals surface area contributed by atoms with Gasteiger partial charge in [0.1, 0.15) is 22.7 Å². The van der Waals surface area contributed by atoms with E-state index in [2.05, 4.69) is 23.6 Å². The van der Waals surface area contributed by atoms with E-state index < -0.39 is 5.60 Å². The molecule has 0 bridgehead atoms. The number of hydrogen-bond acceptors (Lipinski definition) is 4. The SMILES string of the molecule is CCCCc1nc2c(C)ccc(O)c2n1Cc1ccc(-c2ccccc2C(=O)OC(C)(C)C)cc1. The van der Waals surface area contributed by atoms with Crippen molar-refractivity contribution in [2.75, 3.05) is 0 Å². The fourth-order valence-corrected chi connectivity index (χ4v) is 4.31. The Bertz CT molecular complexity index is 1340. The van der Waals surface area contributed by atoms with Crippen LogP contribution in [-0.2, 0) is 17.7 Å². The summed E-state index contributed by atoms with van der Waals surface area (Å²) in [5, 5.41) is 10.6. The number of carbonyl (C=O) groups is 1. The highest BCUT2D eigenvalue weighted by Gasteiger charge is 2.21. The van der Waals surface area contributed by atoms with Crippen molar-refractivity contribution < 1.29 is 14.6 Å². The van der Waals surface area contributed by atoms with Crippen molar-refractivity contribution in [2.24, 2.45) is 0 Å². The standard InChI is InChI=1S/C30H34N2O3/c1-6-7-12-26-31-27-20(2)13-18-25(33)28(27)32(26)19-21-14-16-22(17-15-21)23-10-8-9-11-24(23)29(34)35-30(3,4)5/h8-11,13-18,33H,6-7,12,19H2,1-5H3. The number of hydrogen-bond donors (Lipinski definition) is 1. The molecule has 35 heavy (non-hydrogen) atoms. The van der Waals surface area contributed by atoms with E-state index in [4.69, 9.17) is 9.72 Å². The van der Waals surface area contributed by atoms with Crippen LogP contribution in [0.3, 0.4) is 0 Å². The lowest BCUT2D eigenvalue weighted by Crippen LogP contribution is -2.24. The fourth-order valence-electron chi connectivity index (χ4n) is 4.31. The van der Waals surface area contributed by atoms with E-state index in [0.717, 1.165) is 58.4 Å². The second-order valence-corrected chi connectivity index (χ2v) is 10.1. The van der Waals surface area contributed by atoms with Crippen molar-refractivity contribution in [3.05, 3.63) is 83.2 Å². The Kier molecular flexibility index (Phi) is 6.97. The second kappa shape index (κ2) is 9.95. The van der Waals surface area contributed by atoms with Gasteiger partial charge in [0.25, 0.3) is 0 Å². The smallest absolute Gasteiger partial charge is 0.339 e. The molecule has 0 amide bonds. The first-order chi connectivity index (χ1) is 16.7. The van der Waals surface area contributed by atoms with Crippen LogP contribution in [0.5, 0.6) is 5.75 Å². The summed E-state index contributed by atoms with van der Waals surface area (Å²) < 4.78 is 7.75. The Balaban J connectivity index is 1.67. The maximum atomic E-state index is 12.8. The predicted octanol–water partition coefficient (Wildman–Crippen LogP) is 7.06. The van der Waals surface area contributed by atoms with Gasteiger partial charge in [-0.15, -0.1) is 0 Å². The molecule has 0 aliphatic carbocycles. The molecule has 5 nitrogen and oxygen atoms in total. The zero-order chi connectivity index (χ0) is 25.2. The maximum Gasteiger partial charge on any atom is 0.339 e. The molecule has 0 saturated carbocycles. The molecule has 182 valence electrons. The van der Waals surface area contributed by atoms with Crippen LogP contribution in [0.4, 0.5) is 0 Å². The quantitative estimate of drug-likeness (QED) is 0.294. The number of imidazole rings is 1. The Labute approximate surface area is 207 Å². The highest BCUT2D eigenvalue weighted by Crippen LogP contribution is 2.31. The number of esters is 1. The molecule has 1 aromatic heterocycles. The number of ether oxygens (including phenoxy) is 1. The lowest BCUT2D eigenvalue weighted by molar-refractivity contribution is 0.00704. The van der Waals surface area contributed by atoms with Gasteiger partial charge in [0.2, 0.25) is 0 Å². The van der Waals surface area contributed by atoms with Gasteiger partial charge in [0.05, 0.1) is 11.1 Å². The Morgan fingerprint density at radius 1 is 1.03 bits per heavy atom. The van der Waals surface area contributed by atoms with E-state index in [1.165, 1.54) is 0 Å². The minimum absolute atomic E-state index is 0.253. The van der Waals surface area contributed by atoms with Crippen molar-refractivity contribution in [3.63, 3.8) is 0 Å². The minimum atomic E-state index is -0.555. The molecule has 5 heteroatoms. The fraction of sp³-hybridized carbons (Fsp3) is 0.333. The van der Waals surface area contributed by atoms with Gasteiger partial charge < -0.3 is 14.4 Å². The first-order valence-corrected chi connectivity index (χ1v) is 12.3. The average molecular weight is 471 g/mol. The summed E-state index contributed by atoms with van der Waals surface area (Å²) >= 11 is 0. The molecule has 0 radical (unpaired) electrons. The summed E-state index contributed by atoms with van der Waals surface area (Å²) in [5.74, 6) is 0.919. The van der Waals surface area contributed by atoms with Gasteiger partial charge in [-0.3, -0.25) is 0 Å². The number of benzene rings is 3. The first kappa shape index (κ1) is 24.5. The van der Waals surface area contributed by atoms with E-state index in [9.17, 15) is 9.90 Å². The molecule has 1 heterocycles. The molecule has 1 N–H and O–H groups in total. The van der Waals surface area contributed by atoms with Crippen molar-refractivity contribution in [1.82, 2.24) is 9.55 Å². The van der Waals surface area contributed by atoms with Gasteiger partial charge in [0, 0.05) is 13.0 Å². The van der Waals surface area contributed by atoms with Crippen LogP contribution in [0.1, 0.15) is 67.8 Å². The summed E-state index contributed by atoms with van der Waals surface area (Å²) in [5.41, 5.74) is 5.60. The van der Waals surface area contributed by atoms with E-state index in [1.54, 1.807) is 12.1 Å². The Hall–Kier alpha value is -3.60. The number of aromatic nitrogens is 2. The third kappa shape index (κ3) is 5.40. The largest absolute Gasteiger partial charge is 0.506 e. The van der Waals surface area contributed by atoms with Crippen LogP contribution in [0, 0.1) is 6.92 Å². The third-order valence-electron chi connectivity index (χ3n) is 6.06. The normalized spacial score (nSPS) is 11.7. The Morgan fingerprint density at radius 2 is 1.74 bits per heavy atom. The molecule has 0 aliphatic heterocycles. The molecule has 0 atom stereocenters. The van der Waals surface area contributed by atoms with Crippen molar-refractivity contribution in [2.45, 2.75) is 66.0 Å². The summed E-state index contributed by atoms with van der Waals surface area (Å²) in [6, 6.07) is 19.4. The van der Waals surface area contributed by atoms with Gasteiger partial charge in [-0.1, -0.05) is 61.9 Å². The summed E-state index contributed by atoms with van der Waals surface area (Å²) in [7, 11) is 0. The number of aromatic hydroxyl groups is 1. The van der Waals surface area contributed by atoms with E-state index >= 15 is 0 Å². The summed E-state index contributed by atoms with van der Waals surface area (Å²) in [6.07, 6.45) is 2.99. The van der Waals surface area contributed by atoms with Gasteiger partial charge in [-0.25, -0.2) is 9.78 Å². The molecule has 3 aromatic carbocycles. The molecule has 4 aromatic rings. The van der Waals surface area contributed by atoms with Crippen molar-refractivity contribution >= 4 is 17.0 Å².